The minimum Gasteiger partial charge on any atom is -0.493 e. The molecular weight excluding hydrogens is 236 g/mol. The van der Waals surface area contributed by atoms with Crippen molar-refractivity contribution in [1.82, 2.24) is 9.78 Å². The molecule has 0 amide bonds. The van der Waals surface area contributed by atoms with Gasteiger partial charge in [0.15, 0.2) is 0 Å². The second kappa shape index (κ2) is 5.47. The van der Waals surface area contributed by atoms with Crippen LogP contribution in [-0.2, 0) is 6.42 Å². The van der Waals surface area contributed by atoms with Gasteiger partial charge in [0.1, 0.15) is 0 Å². The van der Waals surface area contributed by atoms with Gasteiger partial charge in [-0.25, -0.2) is 4.68 Å². The number of hydrogen-bond donors (Lipinski definition) is 1. The molecule has 0 atom stereocenters. The van der Waals surface area contributed by atoms with Gasteiger partial charge in [-0.1, -0.05) is 39.3 Å². The second-order valence-electron chi connectivity index (χ2n) is 5.34. The quantitative estimate of drug-likeness (QED) is 0.901. The minimum absolute atomic E-state index is 0.288. The average molecular weight is 258 g/mol. The van der Waals surface area contributed by atoms with E-state index in [9.17, 15) is 5.11 Å². The molecule has 0 saturated heterocycles. The number of rotatable bonds is 4. The molecule has 1 heterocycles. The van der Waals surface area contributed by atoms with Gasteiger partial charge in [0.05, 0.1) is 11.4 Å². The van der Waals surface area contributed by atoms with Crippen molar-refractivity contribution in [3.05, 3.63) is 41.1 Å². The van der Waals surface area contributed by atoms with Crippen LogP contribution in [0.25, 0.3) is 5.69 Å². The first-order valence-electron chi connectivity index (χ1n) is 6.92. The Hall–Kier alpha value is -1.77. The molecule has 19 heavy (non-hydrogen) atoms. The molecule has 0 spiro atoms. The third-order valence-electron chi connectivity index (χ3n) is 3.28. The Bertz CT molecular complexity index is 570. The maximum atomic E-state index is 10.4. The predicted octanol–water partition coefficient (Wildman–Crippen LogP) is 3.96. The lowest BCUT2D eigenvalue weighted by Gasteiger charge is -2.04. The van der Waals surface area contributed by atoms with Gasteiger partial charge in [0.25, 0.3) is 0 Å². The molecule has 0 fully saturated rings. The van der Waals surface area contributed by atoms with E-state index in [4.69, 9.17) is 0 Å². The fourth-order valence-electron chi connectivity index (χ4n) is 2.35. The van der Waals surface area contributed by atoms with E-state index >= 15 is 0 Å². The first-order chi connectivity index (χ1) is 9.04. The van der Waals surface area contributed by atoms with E-state index in [2.05, 4.69) is 25.9 Å². The molecule has 3 heteroatoms. The first kappa shape index (κ1) is 13.7. The summed E-state index contributed by atoms with van der Waals surface area (Å²) < 4.78 is 1.66. The minimum atomic E-state index is 0.288. The molecule has 0 unspecified atom stereocenters. The van der Waals surface area contributed by atoms with Crippen molar-refractivity contribution in [2.75, 3.05) is 0 Å². The second-order valence-corrected chi connectivity index (χ2v) is 5.34. The molecule has 0 aliphatic heterocycles. The Balaban J connectivity index is 2.55. The normalized spacial score (nSPS) is 11.2. The van der Waals surface area contributed by atoms with Gasteiger partial charge in [-0.15, -0.1) is 0 Å². The van der Waals surface area contributed by atoms with E-state index < -0.39 is 0 Å². The van der Waals surface area contributed by atoms with Gasteiger partial charge in [-0.3, -0.25) is 0 Å². The van der Waals surface area contributed by atoms with Gasteiger partial charge in [-0.2, -0.15) is 5.10 Å². The van der Waals surface area contributed by atoms with Crippen LogP contribution in [0.4, 0.5) is 0 Å². The fraction of sp³-hybridized carbons (Fsp3) is 0.438. The van der Waals surface area contributed by atoms with Crippen LogP contribution < -0.4 is 0 Å². The zero-order valence-electron chi connectivity index (χ0n) is 12.1. The highest BCUT2D eigenvalue weighted by molar-refractivity contribution is 5.43. The Morgan fingerprint density at radius 1 is 1.32 bits per heavy atom. The topological polar surface area (TPSA) is 38.0 Å². The summed E-state index contributed by atoms with van der Waals surface area (Å²) in [5.74, 6) is 0.606. The van der Waals surface area contributed by atoms with Gasteiger partial charge in [0, 0.05) is 5.56 Å². The number of benzene rings is 1. The largest absolute Gasteiger partial charge is 0.493 e. The van der Waals surface area contributed by atoms with E-state index in [1.165, 1.54) is 0 Å². The number of nitrogens with zero attached hydrogens (tertiary/aromatic N) is 2. The number of aromatic nitrogens is 2. The molecule has 1 aromatic heterocycles. The zero-order valence-corrected chi connectivity index (χ0v) is 12.1. The maximum Gasteiger partial charge on any atom is 0.217 e. The summed E-state index contributed by atoms with van der Waals surface area (Å²) in [6.07, 6.45) is 1.87. The van der Waals surface area contributed by atoms with E-state index in [1.54, 1.807) is 4.68 Å². The van der Waals surface area contributed by atoms with Crippen molar-refractivity contribution in [1.29, 1.82) is 0 Å². The molecule has 0 radical (unpaired) electrons. The third kappa shape index (κ3) is 2.65. The van der Waals surface area contributed by atoms with Crippen LogP contribution in [-0.4, -0.2) is 14.9 Å². The highest BCUT2D eigenvalue weighted by Gasteiger charge is 2.19. The van der Waals surface area contributed by atoms with Gasteiger partial charge in [0.2, 0.25) is 5.88 Å². The van der Waals surface area contributed by atoms with Gasteiger partial charge < -0.3 is 5.11 Å². The van der Waals surface area contributed by atoms with Crippen molar-refractivity contribution >= 4 is 0 Å². The molecule has 0 aliphatic rings. The van der Waals surface area contributed by atoms with Crippen molar-refractivity contribution in [3.63, 3.8) is 0 Å². The van der Waals surface area contributed by atoms with Gasteiger partial charge >= 0.3 is 0 Å². The first-order valence-corrected chi connectivity index (χ1v) is 6.92. The van der Waals surface area contributed by atoms with Crippen molar-refractivity contribution in [2.24, 2.45) is 0 Å². The average Bonchev–Trinajstić information content (AvgIpc) is 2.68. The molecule has 1 N–H and O–H groups in total. The fourth-order valence-corrected chi connectivity index (χ4v) is 2.35. The predicted molar refractivity (Wildman–Crippen MR) is 78.0 cm³/mol. The zero-order chi connectivity index (χ0) is 14.0. The lowest BCUT2D eigenvalue weighted by Crippen LogP contribution is -1.98. The number of hydrogen-bond acceptors (Lipinski definition) is 2. The summed E-state index contributed by atoms with van der Waals surface area (Å²) in [6.45, 7) is 8.39. The molecule has 0 saturated carbocycles. The molecule has 3 nitrogen and oxygen atoms in total. The van der Waals surface area contributed by atoms with Crippen LogP contribution in [0.3, 0.4) is 0 Å². The van der Waals surface area contributed by atoms with Crippen LogP contribution in [0.5, 0.6) is 5.88 Å². The third-order valence-corrected chi connectivity index (χ3v) is 3.28. The van der Waals surface area contributed by atoms with Crippen LogP contribution in [0, 0.1) is 6.92 Å². The van der Waals surface area contributed by atoms with E-state index in [0.29, 0.717) is 5.92 Å². The van der Waals surface area contributed by atoms with Crippen LogP contribution in [0.2, 0.25) is 0 Å². The van der Waals surface area contributed by atoms with E-state index in [-0.39, 0.29) is 5.88 Å². The van der Waals surface area contributed by atoms with Crippen LogP contribution in [0.1, 0.15) is 49.9 Å². The van der Waals surface area contributed by atoms with Crippen molar-refractivity contribution in [3.8, 4) is 11.6 Å². The molecule has 2 rings (SSSR count). The Morgan fingerprint density at radius 2 is 2.05 bits per heavy atom. The lowest BCUT2D eigenvalue weighted by molar-refractivity contribution is 0.427. The lowest BCUT2D eigenvalue weighted by atomic mass is 10.0. The molecular formula is C16H22N2O. The monoisotopic (exact) mass is 258 g/mol. The van der Waals surface area contributed by atoms with Crippen molar-refractivity contribution < 1.29 is 5.11 Å². The highest BCUT2D eigenvalue weighted by Crippen LogP contribution is 2.30. The SMILES string of the molecule is CCCc1c(C(C)C)nn(-c2cccc(C)c2)c1O. The molecule has 0 aliphatic carbocycles. The van der Waals surface area contributed by atoms with Crippen molar-refractivity contribution in [2.45, 2.75) is 46.5 Å². The van der Waals surface area contributed by atoms with E-state index in [0.717, 1.165) is 35.3 Å². The summed E-state index contributed by atoms with van der Waals surface area (Å²) in [5.41, 5.74) is 4.07. The Kier molecular flexibility index (Phi) is 3.93. The number of aryl methyl sites for hydroxylation is 1. The molecule has 102 valence electrons. The summed E-state index contributed by atoms with van der Waals surface area (Å²) >= 11 is 0. The standard InChI is InChI=1S/C16H22N2O/c1-5-7-14-15(11(2)3)17-18(16(14)19)13-9-6-8-12(4)10-13/h6,8-11,19H,5,7H2,1-4H3. The number of aromatic hydroxyl groups is 1. The van der Waals surface area contributed by atoms with Crippen LogP contribution in [0.15, 0.2) is 24.3 Å². The van der Waals surface area contributed by atoms with E-state index in [1.807, 2.05) is 31.2 Å². The maximum absolute atomic E-state index is 10.4. The summed E-state index contributed by atoms with van der Waals surface area (Å²) in [6, 6.07) is 8.03. The van der Waals surface area contributed by atoms with Crippen LogP contribution >= 0.6 is 0 Å². The summed E-state index contributed by atoms with van der Waals surface area (Å²) in [5, 5.41) is 15.0. The molecule has 0 bridgehead atoms. The Morgan fingerprint density at radius 3 is 2.63 bits per heavy atom. The highest BCUT2D eigenvalue weighted by atomic mass is 16.3. The summed E-state index contributed by atoms with van der Waals surface area (Å²) in [4.78, 5) is 0. The summed E-state index contributed by atoms with van der Waals surface area (Å²) in [7, 11) is 0. The molecule has 2 aromatic rings. The Labute approximate surface area is 114 Å². The molecule has 1 aromatic carbocycles. The van der Waals surface area contributed by atoms with Gasteiger partial charge in [-0.05, 0) is 37.0 Å². The smallest absolute Gasteiger partial charge is 0.217 e.